The summed E-state index contributed by atoms with van der Waals surface area (Å²) in [5.41, 5.74) is 4.09. The molecular formula is C25H23N3OS. The van der Waals surface area contributed by atoms with E-state index < -0.39 is 0 Å². The van der Waals surface area contributed by atoms with Crippen molar-refractivity contribution < 1.29 is 4.79 Å². The summed E-state index contributed by atoms with van der Waals surface area (Å²) in [6.45, 7) is 3.19. The van der Waals surface area contributed by atoms with Crippen molar-refractivity contribution in [2.75, 3.05) is 31.1 Å². The molecule has 1 aliphatic heterocycles. The first-order chi connectivity index (χ1) is 14.8. The van der Waals surface area contributed by atoms with E-state index in [1.165, 1.54) is 10.4 Å². The zero-order valence-electron chi connectivity index (χ0n) is 16.7. The predicted molar refractivity (Wildman–Crippen MR) is 123 cm³/mol. The average molecular weight is 414 g/mol. The van der Waals surface area contributed by atoms with Crippen molar-refractivity contribution in [1.82, 2.24) is 9.88 Å². The summed E-state index contributed by atoms with van der Waals surface area (Å²) < 4.78 is 1.19. The highest BCUT2D eigenvalue weighted by Gasteiger charge is 2.24. The molecule has 3 aromatic carbocycles. The first-order valence-corrected chi connectivity index (χ1v) is 11.1. The zero-order chi connectivity index (χ0) is 20.3. The molecule has 4 aromatic rings. The van der Waals surface area contributed by atoms with Crippen molar-refractivity contribution in [3.05, 3.63) is 95.0 Å². The van der Waals surface area contributed by atoms with E-state index in [1.807, 2.05) is 47.4 Å². The van der Waals surface area contributed by atoms with Gasteiger partial charge in [-0.1, -0.05) is 48.5 Å². The lowest BCUT2D eigenvalue weighted by Gasteiger charge is -2.36. The van der Waals surface area contributed by atoms with Crippen LogP contribution < -0.4 is 4.90 Å². The van der Waals surface area contributed by atoms with Crippen LogP contribution in [0.15, 0.2) is 78.9 Å². The Morgan fingerprint density at radius 2 is 1.53 bits per heavy atom. The summed E-state index contributed by atoms with van der Waals surface area (Å²) in [5, 5.41) is 1.05. The lowest BCUT2D eigenvalue weighted by Crippen LogP contribution is -2.49. The number of aromatic nitrogens is 1. The smallest absolute Gasteiger partial charge is 0.254 e. The molecule has 2 heterocycles. The molecule has 0 saturated carbocycles. The Morgan fingerprint density at radius 3 is 2.33 bits per heavy atom. The Hall–Kier alpha value is -3.18. The van der Waals surface area contributed by atoms with Gasteiger partial charge < -0.3 is 9.80 Å². The van der Waals surface area contributed by atoms with Crippen LogP contribution >= 0.6 is 11.3 Å². The van der Waals surface area contributed by atoms with Crippen LogP contribution in [-0.2, 0) is 6.42 Å². The molecule has 1 saturated heterocycles. The zero-order valence-corrected chi connectivity index (χ0v) is 17.5. The van der Waals surface area contributed by atoms with E-state index in [4.69, 9.17) is 4.98 Å². The molecular weight excluding hydrogens is 390 g/mol. The van der Waals surface area contributed by atoms with E-state index >= 15 is 0 Å². The number of carbonyl (C=O) groups excluding carboxylic acids is 1. The van der Waals surface area contributed by atoms with Gasteiger partial charge in [0.2, 0.25) is 0 Å². The minimum atomic E-state index is 0.124. The van der Waals surface area contributed by atoms with Crippen molar-refractivity contribution in [2.45, 2.75) is 6.42 Å². The second-order valence-corrected chi connectivity index (χ2v) is 8.64. The van der Waals surface area contributed by atoms with Crippen LogP contribution in [0.4, 0.5) is 5.69 Å². The Balaban J connectivity index is 1.32. The van der Waals surface area contributed by atoms with E-state index in [9.17, 15) is 4.79 Å². The molecule has 0 spiro atoms. The monoisotopic (exact) mass is 413 g/mol. The second-order valence-electron chi connectivity index (χ2n) is 7.52. The number of carbonyl (C=O) groups is 1. The second kappa shape index (κ2) is 8.28. The number of hydrogen-bond acceptors (Lipinski definition) is 4. The molecule has 0 aliphatic carbocycles. The molecule has 0 unspecified atom stereocenters. The summed E-state index contributed by atoms with van der Waals surface area (Å²) >= 11 is 1.70. The Bertz CT molecular complexity index is 1130. The number of amides is 1. The number of para-hydroxylation sites is 2. The van der Waals surface area contributed by atoms with Crippen LogP contribution in [0, 0.1) is 0 Å². The normalized spacial score (nSPS) is 14.3. The third-order valence-electron chi connectivity index (χ3n) is 5.62. The molecule has 4 nitrogen and oxygen atoms in total. The molecule has 0 N–H and O–H groups in total. The Labute approximate surface area is 180 Å². The van der Waals surface area contributed by atoms with E-state index in [1.54, 1.807) is 11.3 Å². The fraction of sp³-hybridized carbons (Fsp3) is 0.200. The standard InChI is InChI=1S/C25H23N3OS/c29-25(28-16-14-27(15-17-28)20-9-2-1-3-10-20)21-11-5-4-8-19(21)18-24-26-22-12-6-7-13-23(22)30-24/h1-13H,14-18H2. The van der Waals surface area contributed by atoms with Gasteiger partial charge in [0.05, 0.1) is 15.2 Å². The minimum absolute atomic E-state index is 0.124. The number of benzene rings is 3. The summed E-state index contributed by atoms with van der Waals surface area (Å²) in [4.78, 5) is 22.4. The van der Waals surface area contributed by atoms with Crippen molar-refractivity contribution in [3.63, 3.8) is 0 Å². The summed E-state index contributed by atoms with van der Waals surface area (Å²) in [7, 11) is 0. The van der Waals surface area contributed by atoms with E-state index in [0.29, 0.717) is 6.42 Å². The Morgan fingerprint density at radius 1 is 0.833 bits per heavy atom. The molecule has 1 amide bonds. The number of rotatable bonds is 4. The van der Waals surface area contributed by atoms with Gasteiger partial charge in [0.25, 0.3) is 5.91 Å². The number of hydrogen-bond donors (Lipinski definition) is 0. The van der Waals surface area contributed by atoms with Crippen LogP contribution in [0.25, 0.3) is 10.2 Å². The molecule has 1 aromatic heterocycles. The maximum absolute atomic E-state index is 13.3. The van der Waals surface area contributed by atoms with Gasteiger partial charge in [-0.2, -0.15) is 0 Å². The number of anilines is 1. The first kappa shape index (κ1) is 18.8. The highest BCUT2D eigenvalue weighted by molar-refractivity contribution is 7.18. The van der Waals surface area contributed by atoms with Crippen molar-refractivity contribution in [2.24, 2.45) is 0 Å². The van der Waals surface area contributed by atoms with Crippen molar-refractivity contribution >= 4 is 33.1 Å². The SMILES string of the molecule is O=C(c1ccccc1Cc1nc2ccccc2s1)N1CCN(c2ccccc2)CC1. The molecule has 30 heavy (non-hydrogen) atoms. The van der Waals surface area contributed by atoms with Crippen LogP contribution in [0.2, 0.25) is 0 Å². The maximum Gasteiger partial charge on any atom is 0.254 e. The lowest BCUT2D eigenvalue weighted by atomic mass is 10.0. The van der Waals surface area contributed by atoms with Gasteiger partial charge in [0.1, 0.15) is 0 Å². The van der Waals surface area contributed by atoms with Gasteiger partial charge in [-0.25, -0.2) is 4.98 Å². The number of fused-ring (bicyclic) bond motifs is 1. The van der Waals surface area contributed by atoms with Crippen LogP contribution in [0.3, 0.4) is 0 Å². The Kier molecular flexibility index (Phi) is 5.20. The molecule has 0 radical (unpaired) electrons. The molecule has 1 fully saturated rings. The molecule has 0 bridgehead atoms. The predicted octanol–water partition coefficient (Wildman–Crippen LogP) is 4.85. The third kappa shape index (κ3) is 3.81. The average Bonchev–Trinajstić information content (AvgIpc) is 3.22. The van der Waals surface area contributed by atoms with Crippen molar-refractivity contribution in [1.29, 1.82) is 0 Å². The summed E-state index contributed by atoms with van der Waals surface area (Å²) in [5.74, 6) is 0.124. The molecule has 0 atom stereocenters. The fourth-order valence-electron chi connectivity index (χ4n) is 4.02. The summed E-state index contributed by atoms with van der Waals surface area (Å²) in [6.07, 6.45) is 0.686. The van der Waals surface area contributed by atoms with E-state index in [2.05, 4.69) is 41.3 Å². The minimum Gasteiger partial charge on any atom is -0.368 e. The summed E-state index contributed by atoms with van der Waals surface area (Å²) in [6, 6.07) is 26.6. The van der Waals surface area contributed by atoms with Crippen molar-refractivity contribution in [3.8, 4) is 0 Å². The first-order valence-electron chi connectivity index (χ1n) is 10.3. The van der Waals surface area contributed by atoms with Crippen LogP contribution in [0.5, 0.6) is 0 Å². The highest BCUT2D eigenvalue weighted by Crippen LogP contribution is 2.25. The fourth-order valence-corrected chi connectivity index (χ4v) is 5.01. The van der Waals surface area contributed by atoms with Crippen LogP contribution in [-0.4, -0.2) is 42.0 Å². The topological polar surface area (TPSA) is 36.4 Å². The van der Waals surface area contributed by atoms with Gasteiger partial charge in [-0.05, 0) is 35.9 Å². The number of piperazine rings is 1. The largest absolute Gasteiger partial charge is 0.368 e. The molecule has 1 aliphatic rings. The van der Waals surface area contributed by atoms with Gasteiger partial charge in [0.15, 0.2) is 0 Å². The maximum atomic E-state index is 13.3. The van der Waals surface area contributed by atoms with Gasteiger partial charge in [0, 0.05) is 43.9 Å². The van der Waals surface area contributed by atoms with E-state index in [0.717, 1.165) is 47.8 Å². The molecule has 150 valence electrons. The molecule has 5 rings (SSSR count). The van der Waals surface area contributed by atoms with Crippen LogP contribution in [0.1, 0.15) is 20.9 Å². The van der Waals surface area contributed by atoms with Gasteiger partial charge in [-0.15, -0.1) is 11.3 Å². The number of nitrogens with zero attached hydrogens (tertiary/aromatic N) is 3. The number of thiazole rings is 1. The molecule has 5 heteroatoms. The lowest BCUT2D eigenvalue weighted by molar-refractivity contribution is 0.0746. The van der Waals surface area contributed by atoms with Gasteiger partial charge in [-0.3, -0.25) is 4.79 Å². The quantitative estimate of drug-likeness (QED) is 0.480. The third-order valence-corrected chi connectivity index (χ3v) is 6.65. The highest BCUT2D eigenvalue weighted by atomic mass is 32.1. The van der Waals surface area contributed by atoms with E-state index in [-0.39, 0.29) is 5.91 Å². The van der Waals surface area contributed by atoms with Gasteiger partial charge >= 0.3 is 0 Å².